The Kier molecular flexibility index (Phi) is 5.86. The van der Waals surface area contributed by atoms with Gasteiger partial charge in [0.2, 0.25) is 0 Å². The molecule has 0 spiro atoms. The molecule has 0 unspecified atom stereocenters. The van der Waals surface area contributed by atoms with Gasteiger partial charge in [-0.25, -0.2) is 4.79 Å². The summed E-state index contributed by atoms with van der Waals surface area (Å²) in [5, 5.41) is 5.91. The van der Waals surface area contributed by atoms with Gasteiger partial charge in [-0.05, 0) is 42.5 Å². The number of anilines is 3. The fourth-order valence-corrected chi connectivity index (χ4v) is 2.55. The van der Waals surface area contributed by atoms with Crippen LogP contribution >= 0.6 is 0 Å². The molecule has 1 aromatic heterocycles. The summed E-state index contributed by atoms with van der Waals surface area (Å²) in [6.07, 6.45) is 3.07. The maximum atomic E-state index is 12.6. The van der Waals surface area contributed by atoms with Crippen molar-refractivity contribution in [1.82, 2.24) is 4.98 Å². The van der Waals surface area contributed by atoms with Gasteiger partial charge in [0, 0.05) is 11.9 Å². The van der Waals surface area contributed by atoms with Crippen molar-refractivity contribution in [1.29, 1.82) is 0 Å². The molecule has 0 bridgehead atoms. The second-order valence-electron chi connectivity index (χ2n) is 5.81. The summed E-state index contributed by atoms with van der Waals surface area (Å²) >= 11 is 0. The van der Waals surface area contributed by atoms with E-state index in [4.69, 9.17) is 9.47 Å². The predicted molar refractivity (Wildman–Crippen MR) is 106 cm³/mol. The molecule has 28 heavy (non-hydrogen) atoms. The molecule has 0 aliphatic carbocycles. The van der Waals surface area contributed by atoms with Gasteiger partial charge in [-0.2, -0.15) is 0 Å². The summed E-state index contributed by atoms with van der Waals surface area (Å²) in [7, 11) is 2.89. The first-order valence-corrected chi connectivity index (χ1v) is 8.45. The zero-order chi connectivity index (χ0) is 19.9. The van der Waals surface area contributed by atoms with Crippen LogP contribution < -0.4 is 15.4 Å². The smallest absolute Gasteiger partial charge is 0.339 e. The molecule has 2 aromatic carbocycles. The van der Waals surface area contributed by atoms with E-state index in [1.807, 2.05) is 24.3 Å². The third-order valence-electron chi connectivity index (χ3n) is 3.96. The highest BCUT2D eigenvalue weighted by atomic mass is 16.5. The zero-order valence-corrected chi connectivity index (χ0v) is 15.4. The number of para-hydroxylation sites is 1. The second-order valence-corrected chi connectivity index (χ2v) is 5.81. The molecule has 0 aliphatic rings. The van der Waals surface area contributed by atoms with Gasteiger partial charge >= 0.3 is 5.97 Å². The van der Waals surface area contributed by atoms with Gasteiger partial charge in [0.05, 0.1) is 42.9 Å². The number of nitrogens with one attached hydrogen (secondary N) is 2. The quantitative estimate of drug-likeness (QED) is 0.634. The first-order chi connectivity index (χ1) is 13.6. The number of methoxy groups -OCH3 is 2. The molecule has 0 atom stereocenters. The Bertz CT molecular complexity index is 987. The van der Waals surface area contributed by atoms with Gasteiger partial charge < -0.3 is 20.1 Å². The molecule has 2 N–H and O–H groups in total. The summed E-state index contributed by atoms with van der Waals surface area (Å²) in [5.74, 6) is -0.160. The maximum Gasteiger partial charge on any atom is 0.339 e. The van der Waals surface area contributed by atoms with E-state index in [2.05, 4.69) is 15.6 Å². The molecular formula is C21H19N3O4. The minimum atomic E-state index is -0.524. The molecule has 7 heteroatoms. The van der Waals surface area contributed by atoms with Crippen molar-refractivity contribution >= 4 is 28.9 Å². The van der Waals surface area contributed by atoms with Crippen molar-refractivity contribution in [2.75, 3.05) is 24.9 Å². The second kappa shape index (κ2) is 8.68. The number of benzene rings is 2. The molecule has 3 aromatic rings. The molecule has 0 fully saturated rings. The van der Waals surface area contributed by atoms with Crippen molar-refractivity contribution in [3.05, 3.63) is 78.1 Å². The monoisotopic (exact) mass is 377 g/mol. The van der Waals surface area contributed by atoms with Crippen molar-refractivity contribution in [3.63, 3.8) is 0 Å². The van der Waals surface area contributed by atoms with Gasteiger partial charge in [-0.3, -0.25) is 9.78 Å². The summed E-state index contributed by atoms with van der Waals surface area (Å²) in [5.41, 5.74) is 2.47. The molecule has 1 amide bonds. The van der Waals surface area contributed by atoms with Crippen LogP contribution in [0, 0.1) is 0 Å². The summed E-state index contributed by atoms with van der Waals surface area (Å²) < 4.78 is 9.88. The molecule has 0 saturated carbocycles. The lowest BCUT2D eigenvalue weighted by molar-refractivity contribution is 0.0602. The van der Waals surface area contributed by atoms with Crippen molar-refractivity contribution in [2.24, 2.45) is 0 Å². The first-order valence-electron chi connectivity index (χ1n) is 8.45. The van der Waals surface area contributed by atoms with E-state index in [9.17, 15) is 9.59 Å². The highest BCUT2D eigenvalue weighted by molar-refractivity contribution is 6.08. The van der Waals surface area contributed by atoms with Crippen molar-refractivity contribution in [2.45, 2.75) is 0 Å². The first kappa shape index (κ1) is 18.9. The Morgan fingerprint density at radius 2 is 1.68 bits per heavy atom. The van der Waals surface area contributed by atoms with Crippen LogP contribution in [0.5, 0.6) is 5.75 Å². The van der Waals surface area contributed by atoms with E-state index >= 15 is 0 Å². The van der Waals surface area contributed by atoms with Gasteiger partial charge in [-0.15, -0.1) is 0 Å². The predicted octanol–water partition coefficient (Wildman–Crippen LogP) is 3.87. The van der Waals surface area contributed by atoms with Crippen LogP contribution in [0.15, 0.2) is 67.0 Å². The van der Waals surface area contributed by atoms with Crippen LogP contribution in [-0.2, 0) is 4.74 Å². The lowest BCUT2D eigenvalue weighted by Crippen LogP contribution is -2.15. The molecular weight excluding hydrogens is 358 g/mol. The zero-order valence-electron chi connectivity index (χ0n) is 15.4. The van der Waals surface area contributed by atoms with E-state index < -0.39 is 5.97 Å². The van der Waals surface area contributed by atoms with Gasteiger partial charge in [0.25, 0.3) is 5.91 Å². The normalized spacial score (nSPS) is 10.1. The lowest BCUT2D eigenvalue weighted by Gasteiger charge is -2.11. The van der Waals surface area contributed by atoms with E-state index in [-0.39, 0.29) is 11.5 Å². The third kappa shape index (κ3) is 4.45. The molecule has 0 saturated heterocycles. The number of hydrogen-bond acceptors (Lipinski definition) is 6. The standard InChI is InChI=1S/C21H19N3O4/c1-27-17-9-7-15(8-10-17)23-16-11-14(12-22-13-16)20(25)24-19-6-4-3-5-18(19)21(26)28-2/h3-13,23H,1-2H3,(H,24,25). The van der Waals surface area contributed by atoms with Crippen LogP contribution in [0.1, 0.15) is 20.7 Å². The number of hydrogen-bond donors (Lipinski definition) is 2. The highest BCUT2D eigenvalue weighted by Gasteiger charge is 2.14. The number of ether oxygens (including phenoxy) is 2. The molecule has 3 rings (SSSR count). The van der Waals surface area contributed by atoms with Crippen LogP contribution in [0.3, 0.4) is 0 Å². The largest absolute Gasteiger partial charge is 0.497 e. The van der Waals surface area contributed by atoms with E-state index in [0.717, 1.165) is 11.4 Å². The van der Waals surface area contributed by atoms with Crippen LogP contribution in [0.4, 0.5) is 17.1 Å². The molecule has 0 radical (unpaired) electrons. The Morgan fingerprint density at radius 3 is 2.39 bits per heavy atom. The SMILES string of the molecule is COC(=O)c1ccccc1NC(=O)c1cncc(Nc2ccc(OC)cc2)c1. The van der Waals surface area contributed by atoms with Gasteiger partial charge in [0.1, 0.15) is 5.75 Å². The number of carbonyl (C=O) groups is 2. The van der Waals surface area contributed by atoms with Crippen LogP contribution in [0.2, 0.25) is 0 Å². The number of pyridine rings is 1. The lowest BCUT2D eigenvalue weighted by atomic mass is 10.1. The number of nitrogens with zero attached hydrogens (tertiary/aromatic N) is 1. The minimum absolute atomic E-state index is 0.277. The molecule has 0 aliphatic heterocycles. The average Bonchev–Trinajstić information content (AvgIpc) is 2.74. The number of rotatable bonds is 6. The maximum absolute atomic E-state index is 12.6. The minimum Gasteiger partial charge on any atom is -0.497 e. The Morgan fingerprint density at radius 1 is 0.929 bits per heavy atom. The fourth-order valence-electron chi connectivity index (χ4n) is 2.55. The number of carbonyl (C=O) groups excluding carboxylic acids is 2. The average molecular weight is 377 g/mol. The number of esters is 1. The number of amides is 1. The van der Waals surface area contributed by atoms with Gasteiger partial charge in [-0.1, -0.05) is 12.1 Å². The van der Waals surface area contributed by atoms with Crippen molar-refractivity contribution in [3.8, 4) is 5.75 Å². The van der Waals surface area contributed by atoms with Crippen molar-refractivity contribution < 1.29 is 19.1 Å². The summed E-state index contributed by atoms with van der Waals surface area (Å²) in [6, 6.07) is 15.7. The molecule has 142 valence electrons. The number of aromatic nitrogens is 1. The summed E-state index contributed by atoms with van der Waals surface area (Å²) in [6.45, 7) is 0. The molecule has 1 heterocycles. The third-order valence-corrected chi connectivity index (χ3v) is 3.96. The van der Waals surface area contributed by atoms with Crippen LogP contribution in [-0.4, -0.2) is 31.1 Å². The van der Waals surface area contributed by atoms with E-state index in [0.29, 0.717) is 16.9 Å². The summed E-state index contributed by atoms with van der Waals surface area (Å²) in [4.78, 5) is 28.6. The molecule has 7 nitrogen and oxygen atoms in total. The van der Waals surface area contributed by atoms with E-state index in [1.165, 1.54) is 13.3 Å². The fraction of sp³-hybridized carbons (Fsp3) is 0.0952. The highest BCUT2D eigenvalue weighted by Crippen LogP contribution is 2.21. The Labute approximate surface area is 162 Å². The van der Waals surface area contributed by atoms with E-state index in [1.54, 1.807) is 43.6 Å². The van der Waals surface area contributed by atoms with Gasteiger partial charge in [0.15, 0.2) is 0 Å². The van der Waals surface area contributed by atoms with Crippen LogP contribution in [0.25, 0.3) is 0 Å². The topological polar surface area (TPSA) is 89.5 Å². The Hall–Kier alpha value is -3.87. The Balaban J connectivity index is 1.76.